The lowest BCUT2D eigenvalue weighted by atomic mass is 10.2. The standard InChI is InChI=1S/C10H13BrFNO2/c11-9-2-1-3-10(12)8(9)5-13-4-7(15)6-14/h1-3,7,13-15H,4-6H2/t7-/m1/s1. The van der Waals surface area contributed by atoms with E-state index < -0.39 is 6.10 Å². The zero-order valence-corrected chi connectivity index (χ0v) is 9.67. The summed E-state index contributed by atoms with van der Waals surface area (Å²) in [4.78, 5) is 0. The first-order chi connectivity index (χ1) is 7.15. The minimum absolute atomic E-state index is 0.233. The van der Waals surface area contributed by atoms with Gasteiger partial charge in [-0.1, -0.05) is 22.0 Å². The van der Waals surface area contributed by atoms with Crippen LogP contribution in [0.2, 0.25) is 0 Å². The molecule has 84 valence electrons. The molecule has 0 aliphatic rings. The Balaban J connectivity index is 2.50. The van der Waals surface area contributed by atoms with Gasteiger partial charge in [-0.25, -0.2) is 4.39 Å². The summed E-state index contributed by atoms with van der Waals surface area (Å²) in [5.74, 6) is -0.296. The van der Waals surface area contributed by atoms with E-state index in [0.29, 0.717) is 16.6 Å². The van der Waals surface area contributed by atoms with Crippen molar-refractivity contribution in [2.75, 3.05) is 13.2 Å². The van der Waals surface area contributed by atoms with Gasteiger partial charge in [0.2, 0.25) is 0 Å². The van der Waals surface area contributed by atoms with E-state index >= 15 is 0 Å². The maximum Gasteiger partial charge on any atom is 0.128 e. The second kappa shape index (κ2) is 6.17. The third-order valence-electron chi connectivity index (χ3n) is 1.95. The minimum Gasteiger partial charge on any atom is -0.394 e. The van der Waals surface area contributed by atoms with E-state index in [1.807, 2.05) is 0 Å². The second-order valence-electron chi connectivity index (χ2n) is 3.17. The van der Waals surface area contributed by atoms with Crippen LogP contribution in [0.5, 0.6) is 0 Å². The SMILES string of the molecule is OC[C@H](O)CNCc1c(F)cccc1Br. The topological polar surface area (TPSA) is 52.5 Å². The Morgan fingerprint density at radius 2 is 2.20 bits per heavy atom. The molecule has 0 bridgehead atoms. The van der Waals surface area contributed by atoms with Crippen LogP contribution in [0.1, 0.15) is 5.56 Å². The van der Waals surface area contributed by atoms with Crippen LogP contribution in [-0.2, 0) is 6.54 Å². The summed E-state index contributed by atoms with van der Waals surface area (Å²) < 4.78 is 14.0. The van der Waals surface area contributed by atoms with Crippen molar-refractivity contribution < 1.29 is 14.6 Å². The number of aliphatic hydroxyl groups excluding tert-OH is 2. The third-order valence-corrected chi connectivity index (χ3v) is 2.70. The third kappa shape index (κ3) is 3.87. The van der Waals surface area contributed by atoms with Gasteiger partial charge in [0.15, 0.2) is 0 Å². The largest absolute Gasteiger partial charge is 0.394 e. The van der Waals surface area contributed by atoms with Crippen molar-refractivity contribution in [3.05, 3.63) is 34.1 Å². The molecule has 0 heterocycles. The number of aliphatic hydroxyl groups is 2. The van der Waals surface area contributed by atoms with E-state index in [4.69, 9.17) is 10.2 Å². The number of benzene rings is 1. The highest BCUT2D eigenvalue weighted by atomic mass is 79.9. The average molecular weight is 278 g/mol. The smallest absolute Gasteiger partial charge is 0.128 e. The van der Waals surface area contributed by atoms with Gasteiger partial charge >= 0.3 is 0 Å². The Morgan fingerprint density at radius 1 is 1.47 bits per heavy atom. The van der Waals surface area contributed by atoms with Gasteiger partial charge in [-0.2, -0.15) is 0 Å². The highest BCUT2D eigenvalue weighted by Gasteiger charge is 2.07. The molecule has 5 heteroatoms. The molecule has 1 aromatic carbocycles. The van der Waals surface area contributed by atoms with Crippen LogP contribution in [0.15, 0.2) is 22.7 Å². The van der Waals surface area contributed by atoms with Gasteiger partial charge < -0.3 is 15.5 Å². The van der Waals surface area contributed by atoms with Gasteiger partial charge in [0.05, 0.1) is 12.7 Å². The number of halogens is 2. The molecule has 0 aliphatic carbocycles. The molecule has 0 aliphatic heterocycles. The summed E-state index contributed by atoms with van der Waals surface area (Å²) in [6, 6.07) is 4.75. The van der Waals surface area contributed by atoms with E-state index in [0.717, 1.165) is 0 Å². The van der Waals surface area contributed by atoms with Crippen molar-refractivity contribution in [3.8, 4) is 0 Å². The van der Waals surface area contributed by atoms with E-state index in [1.54, 1.807) is 12.1 Å². The van der Waals surface area contributed by atoms with Crippen molar-refractivity contribution in [3.63, 3.8) is 0 Å². The predicted octanol–water partition coefficient (Wildman–Crippen LogP) is 1.03. The quantitative estimate of drug-likeness (QED) is 0.754. The summed E-state index contributed by atoms with van der Waals surface area (Å²) in [5, 5.41) is 20.5. The normalized spacial score (nSPS) is 12.8. The minimum atomic E-state index is -0.810. The Hall–Kier alpha value is -0.490. The molecule has 0 saturated heterocycles. The van der Waals surface area contributed by atoms with Gasteiger partial charge in [-0.15, -0.1) is 0 Å². The number of rotatable bonds is 5. The molecule has 0 spiro atoms. The molecule has 1 aromatic rings. The molecular weight excluding hydrogens is 265 g/mol. The van der Waals surface area contributed by atoms with Crippen molar-refractivity contribution in [1.82, 2.24) is 5.32 Å². The van der Waals surface area contributed by atoms with Crippen molar-refractivity contribution in [2.24, 2.45) is 0 Å². The molecule has 0 fully saturated rings. The molecule has 1 rings (SSSR count). The molecule has 1 atom stereocenters. The summed E-state index contributed by atoms with van der Waals surface area (Å²) in [6.45, 7) is 0.243. The lowest BCUT2D eigenvalue weighted by molar-refractivity contribution is 0.0941. The van der Waals surface area contributed by atoms with E-state index in [1.165, 1.54) is 6.07 Å². The number of nitrogens with one attached hydrogen (secondary N) is 1. The fourth-order valence-corrected chi connectivity index (χ4v) is 1.61. The van der Waals surface area contributed by atoms with Crippen LogP contribution in [0.4, 0.5) is 4.39 Å². The van der Waals surface area contributed by atoms with Gasteiger partial charge in [-0.05, 0) is 12.1 Å². The highest BCUT2D eigenvalue weighted by molar-refractivity contribution is 9.10. The molecule has 3 N–H and O–H groups in total. The molecule has 0 aromatic heterocycles. The van der Waals surface area contributed by atoms with Gasteiger partial charge in [0, 0.05) is 23.1 Å². The fraction of sp³-hybridized carbons (Fsp3) is 0.400. The van der Waals surface area contributed by atoms with E-state index in [2.05, 4.69) is 21.2 Å². The molecule has 0 amide bonds. The van der Waals surface area contributed by atoms with Crippen LogP contribution in [0, 0.1) is 5.82 Å². The van der Waals surface area contributed by atoms with Crippen molar-refractivity contribution >= 4 is 15.9 Å². The van der Waals surface area contributed by atoms with Gasteiger partial charge in [-0.3, -0.25) is 0 Å². The fourth-order valence-electron chi connectivity index (χ4n) is 1.13. The summed E-state index contributed by atoms with van der Waals surface area (Å²) >= 11 is 3.24. The van der Waals surface area contributed by atoms with Gasteiger partial charge in [0.25, 0.3) is 0 Å². The highest BCUT2D eigenvalue weighted by Crippen LogP contribution is 2.19. The zero-order chi connectivity index (χ0) is 11.3. The van der Waals surface area contributed by atoms with E-state index in [9.17, 15) is 4.39 Å². The average Bonchev–Trinajstić information content (AvgIpc) is 2.22. The Kier molecular flexibility index (Phi) is 5.17. The first-order valence-corrected chi connectivity index (χ1v) is 5.37. The van der Waals surface area contributed by atoms with Crippen molar-refractivity contribution in [1.29, 1.82) is 0 Å². The Labute approximate surface area is 96.1 Å². The lowest BCUT2D eigenvalue weighted by Gasteiger charge is -2.10. The van der Waals surface area contributed by atoms with Crippen LogP contribution in [0.25, 0.3) is 0 Å². The Bertz CT molecular complexity index is 302. The summed E-state index contributed by atoms with van der Waals surface area (Å²) in [7, 11) is 0. The van der Waals surface area contributed by atoms with Crippen LogP contribution in [-0.4, -0.2) is 29.5 Å². The summed E-state index contributed by atoms with van der Waals surface area (Å²) in [6.07, 6.45) is -0.810. The zero-order valence-electron chi connectivity index (χ0n) is 8.08. The first-order valence-electron chi connectivity index (χ1n) is 4.57. The summed E-state index contributed by atoms with van der Waals surface area (Å²) in [5.41, 5.74) is 0.516. The Morgan fingerprint density at radius 3 is 2.80 bits per heavy atom. The molecule has 15 heavy (non-hydrogen) atoms. The number of hydrogen-bond acceptors (Lipinski definition) is 3. The maximum atomic E-state index is 13.3. The second-order valence-corrected chi connectivity index (χ2v) is 4.02. The lowest BCUT2D eigenvalue weighted by Crippen LogP contribution is -2.29. The molecule has 0 radical (unpaired) electrons. The predicted molar refractivity (Wildman–Crippen MR) is 58.9 cm³/mol. The molecule has 0 unspecified atom stereocenters. The van der Waals surface area contributed by atoms with Crippen LogP contribution >= 0.6 is 15.9 Å². The van der Waals surface area contributed by atoms with Gasteiger partial charge in [0.1, 0.15) is 5.82 Å². The van der Waals surface area contributed by atoms with E-state index in [-0.39, 0.29) is 19.0 Å². The first kappa shape index (κ1) is 12.6. The number of hydrogen-bond donors (Lipinski definition) is 3. The molecule has 0 saturated carbocycles. The maximum absolute atomic E-state index is 13.3. The molecule has 3 nitrogen and oxygen atoms in total. The molecular formula is C10H13BrFNO2. The monoisotopic (exact) mass is 277 g/mol. The van der Waals surface area contributed by atoms with Crippen molar-refractivity contribution in [2.45, 2.75) is 12.6 Å². The van der Waals surface area contributed by atoms with Crippen LogP contribution < -0.4 is 5.32 Å². The van der Waals surface area contributed by atoms with Crippen LogP contribution in [0.3, 0.4) is 0 Å².